The summed E-state index contributed by atoms with van der Waals surface area (Å²) >= 11 is 5.78. The molecule has 1 atom stereocenters. The fourth-order valence-corrected chi connectivity index (χ4v) is 1.14. The van der Waals surface area contributed by atoms with E-state index in [0.29, 0.717) is 17.4 Å². The molecular weight excluding hydrogens is 216 g/mol. The van der Waals surface area contributed by atoms with Gasteiger partial charge in [-0.25, -0.2) is 0 Å². The van der Waals surface area contributed by atoms with Crippen LogP contribution in [0.4, 0.5) is 0 Å². The third-order valence-corrected chi connectivity index (χ3v) is 2.15. The van der Waals surface area contributed by atoms with Gasteiger partial charge in [-0.1, -0.05) is 29.7 Å². The SMILES string of the molecule is CC(COc1cccc(Cl)c1)/C(N)=N/O. The highest BCUT2D eigenvalue weighted by Crippen LogP contribution is 2.17. The monoisotopic (exact) mass is 228 g/mol. The molecule has 0 amide bonds. The number of hydrogen-bond donors (Lipinski definition) is 2. The fourth-order valence-electron chi connectivity index (χ4n) is 0.962. The molecule has 0 radical (unpaired) electrons. The summed E-state index contributed by atoms with van der Waals surface area (Å²) < 4.78 is 5.42. The summed E-state index contributed by atoms with van der Waals surface area (Å²) in [7, 11) is 0. The van der Waals surface area contributed by atoms with Gasteiger partial charge in [-0.15, -0.1) is 0 Å². The summed E-state index contributed by atoms with van der Waals surface area (Å²) in [6.07, 6.45) is 0. The van der Waals surface area contributed by atoms with Crippen molar-refractivity contribution in [3.8, 4) is 5.75 Å². The quantitative estimate of drug-likeness (QED) is 0.359. The predicted octanol–water partition coefficient (Wildman–Crippen LogP) is 2.10. The van der Waals surface area contributed by atoms with Crippen LogP contribution < -0.4 is 10.5 Å². The van der Waals surface area contributed by atoms with E-state index < -0.39 is 0 Å². The number of rotatable bonds is 4. The maximum absolute atomic E-state index is 8.43. The van der Waals surface area contributed by atoms with Gasteiger partial charge >= 0.3 is 0 Å². The molecular formula is C10H13ClN2O2. The summed E-state index contributed by atoms with van der Waals surface area (Å²) in [5.74, 6) is 0.672. The number of oxime groups is 1. The number of halogens is 1. The lowest BCUT2D eigenvalue weighted by Crippen LogP contribution is -2.26. The minimum atomic E-state index is -0.144. The van der Waals surface area contributed by atoms with Crippen LogP contribution in [0.5, 0.6) is 5.75 Å². The minimum absolute atomic E-state index is 0.144. The lowest BCUT2D eigenvalue weighted by atomic mass is 10.2. The van der Waals surface area contributed by atoms with Gasteiger partial charge in [0, 0.05) is 5.02 Å². The molecule has 1 rings (SSSR count). The van der Waals surface area contributed by atoms with Crippen molar-refractivity contribution >= 4 is 17.4 Å². The van der Waals surface area contributed by atoms with Crippen LogP contribution in [-0.2, 0) is 0 Å². The summed E-state index contributed by atoms with van der Waals surface area (Å²) in [5.41, 5.74) is 5.40. The van der Waals surface area contributed by atoms with E-state index in [9.17, 15) is 0 Å². The largest absolute Gasteiger partial charge is 0.493 e. The van der Waals surface area contributed by atoms with Gasteiger partial charge in [0.15, 0.2) is 0 Å². The Labute approximate surface area is 93.3 Å². The molecule has 1 aromatic rings. The first kappa shape index (κ1) is 11.7. The molecule has 0 fully saturated rings. The number of nitrogens with zero attached hydrogens (tertiary/aromatic N) is 1. The Kier molecular flexibility index (Phi) is 4.24. The molecule has 0 saturated carbocycles. The van der Waals surface area contributed by atoms with E-state index >= 15 is 0 Å². The Morgan fingerprint density at radius 2 is 2.40 bits per heavy atom. The number of benzene rings is 1. The molecule has 0 aliphatic carbocycles. The molecule has 5 heteroatoms. The smallest absolute Gasteiger partial charge is 0.145 e. The first-order valence-electron chi connectivity index (χ1n) is 4.49. The molecule has 1 unspecified atom stereocenters. The molecule has 0 aliphatic heterocycles. The molecule has 0 spiro atoms. The predicted molar refractivity (Wildman–Crippen MR) is 59.5 cm³/mol. The van der Waals surface area contributed by atoms with E-state index in [4.69, 9.17) is 27.3 Å². The van der Waals surface area contributed by atoms with E-state index in [-0.39, 0.29) is 11.8 Å². The second-order valence-electron chi connectivity index (χ2n) is 3.19. The second kappa shape index (κ2) is 5.46. The van der Waals surface area contributed by atoms with Gasteiger partial charge in [-0.3, -0.25) is 0 Å². The Bertz CT molecular complexity index is 355. The highest BCUT2D eigenvalue weighted by Gasteiger charge is 2.08. The van der Waals surface area contributed by atoms with Crippen molar-refractivity contribution in [1.82, 2.24) is 0 Å². The number of nitrogens with two attached hydrogens (primary N) is 1. The van der Waals surface area contributed by atoms with Gasteiger partial charge in [0.2, 0.25) is 0 Å². The van der Waals surface area contributed by atoms with Crippen molar-refractivity contribution < 1.29 is 9.94 Å². The normalized spacial score (nSPS) is 13.6. The molecule has 0 aliphatic rings. The van der Waals surface area contributed by atoms with Crippen LogP contribution in [-0.4, -0.2) is 17.6 Å². The van der Waals surface area contributed by atoms with Crippen LogP contribution in [0.3, 0.4) is 0 Å². The Hall–Kier alpha value is -1.42. The number of hydrogen-bond acceptors (Lipinski definition) is 3. The van der Waals surface area contributed by atoms with Gasteiger partial charge in [-0.2, -0.15) is 0 Å². The molecule has 1 aromatic carbocycles. The summed E-state index contributed by atoms with van der Waals surface area (Å²) in [6, 6.07) is 7.07. The van der Waals surface area contributed by atoms with Crippen LogP contribution in [0.1, 0.15) is 6.92 Å². The zero-order valence-corrected chi connectivity index (χ0v) is 9.11. The fraction of sp³-hybridized carbons (Fsp3) is 0.300. The van der Waals surface area contributed by atoms with Crippen LogP contribution in [0.2, 0.25) is 5.02 Å². The molecule has 0 aromatic heterocycles. The van der Waals surface area contributed by atoms with Crippen LogP contribution in [0.15, 0.2) is 29.4 Å². The number of amidine groups is 1. The molecule has 4 nitrogen and oxygen atoms in total. The second-order valence-corrected chi connectivity index (χ2v) is 3.63. The van der Waals surface area contributed by atoms with Crippen molar-refractivity contribution in [2.24, 2.45) is 16.8 Å². The zero-order chi connectivity index (χ0) is 11.3. The van der Waals surface area contributed by atoms with Gasteiger partial charge in [0.05, 0.1) is 12.5 Å². The maximum atomic E-state index is 8.43. The highest BCUT2D eigenvalue weighted by molar-refractivity contribution is 6.30. The Balaban J connectivity index is 2.50. The third kappa shape index (κ3) is 3.67. The van der Waals surface area contributed by atoms with Crippen molar-refractivity contribution in [1.29, 1.82) is 0 Å². The lowest BCUT2D eigenvalue weighted by molar-refractivity contribution is 0.279. The van der Waals surface area contributed by atoms with E-state index in [1.165, 1.54) is 0 Å². The minimum Gasteiger partial charge on any atom is -0.493 e. The summed E-state index contributed by atoms with van der Waals surface area (Å²) in [4.78, 5) is 0. The Morgan fingerprint density at radius 3 is 3.00 bits per heavy atom. The van der Waals surface area contributed by atoms with Gasteiger partial charge in [-0.05, 0) is 18.2 Å². The maximum Gasteiger partial charge on any atom is 0.145 e. The van der Waals surface area contributed by atoms with Crippen LogP contribution in [0.25, 0.3) is 0 Å². The van der Waals surface area contributed by atoms with E-state index in [0.717, 1.165) is 0 Å². The molecule has 3 N–H and O–H groups in total. The lowest BCUT2D eigenvalue weighted by Gasteiger charge is -2.11. The first-order valence-corrected chi connectivity index (χ1v) is 4.87. The summed E-state index contributed by atoms with van der Waals surface area (Å²) in [5, 5.41) is 12.0. The van der Waals surface area contributed by atoms with Gasteiger partial charge in [0.25, 0.3) is 0 Å². The highest BCUT2D eigenvalue weighted by atomic mass is 35.5. The molecule has 15 heavy (non-hydrogen) atoms. The first-order chi connectivity index (χ1) is 7.13. The molecule has 0 heterocycles. The molecule has 82 valence electrons. The zero-order valence-electron chi connectivity index (χ0n) is 8.35. The van der Waals surface area contributed by atoms with Crippen molar-refractivity contribution in [3.63, 3.8) is 0 Å². The average molecular weight is 229 g/mol. The average Bonchev–Trinajstić information content (AvgIpc) is 2.25. The van der Waals surface area contributed by atoms with Crippen LogP contribution >= 0.6 is 11.6 Å². The van der Waals surface area contributed by atoms with E-state index in [2.05, 4.69) is 5.16 Å². The topological polar surface area (TPSA) is 67.8 Å². The molecule has 0 bridgehead atoms. The van der Waals surface area contributed by atoms with E-state index in [1.807, 2.05) is 0 Å². The van der Waals surface area contributed by atoms with Gasteiger partial charge in [0.1, 0.15) is 11.6 Å². The Morgan fingerprint density at radius 1 is 1.67 bits per heavy atom. The summed E-state index contributed by atoms with van der Waals surface area (Å²) in [6.45, 7) is 2.15. The van der Waals surface area contributed by atoms with Crippen molar-refractivity contribution in [3.05, 3.63) is 29.3 Å². The molecule has 0 saturated heterocycles. The van der Waals surface area contributed by atoms with Crippen molar-refractivity contribution in [2.45, 2.75) is 6.92 Å². The van der Waals surface area contributed by atoms with Gasteiger partial charge < -0.3 is 15.7 Å². The number of ether oxygens (including phenoxy) is 1. The third-order valence-electron chi connectivity index (χ3n) is 1.92. The standard InChI is InChI=1S/C10H13ClN2O2/c1-7(10(12)13-14)6-15-9-4-2-3-8(11)5-9/h2-5,7,14H,6H2,1H3,(H2,12,13). The van der Waals surface area contributed by atoms with Crippen molar-refractivity contribution in [2.75, 3.05) is 6.61 Å². The van der Waals surface area contributed by atoms with Crippen LogP contribution in [0, 0.1) is 5.92 Å². The van der Waals surface area contributed by atoms with E-state index in [1.54, 1.807) is 31.2 Å².